The summed E-state index contributed by atoms with van der Waals surface area (Å²) in [6.45, 7) is 5.55. The van der Waals surface area contributed by atoms with E-state index in [0.29, 0.717) is 6.42 Å². The molecule has 0 heterocycles. The standard InChI is InChI=1S/C10H20N2O4/c1-10(2,3)16-9(15)12-6-5-7(11-4)8(13)14/h7,11H,5-6H2,1-4H3,(H,12,15)(H,13,14)/t7-/m1/s1. The van der Waals surface area contributed by atoms with E-state index in [2.05, 4.69) is 10.6 Å². The van der Waals surface area contributed by atoms with Crippen molar-refractivity contribution >= 4 is 12.1 Å². The minimum Gasteiger partial charge on any atom is -0.480 e. The molecule has 0 aromatic heterocycles. The average Bonchev–Trinajstić information content (AvgIpc) is 2.08. The molecule has 94 valence electrons. The van der Waals surface area contributed by atoms with E-state index in [-0.39, 0.29) is 6.54 Å². The number of hydrogen-bond donors (Lipinski definition) is 3. The van der Waals surface area contributed by atoms with Crippen LogP contribution in [0.2, 0.25) is 0 Å². The van der Waals surface area contributed by atoms with Crippen molar-refractivity contribution < 1.29 is 19.4 Å². The van der Waals surface area contributed by atoms with Crippen LogP contribution >= 0.6 is 0 Å². The molecule has 0 aliphatic rings. The van der Waals surface area contributed by atoms with E-state index in [4.69, 9.17) is 9.84 Å². The zero-order valence-electron chi connectivity index (χ0n) is 10.2. The highest BCUT2D eigenvalue weighted by Gasteiger charge is 2.17. The number of aliphatic carboxylic acids is 1. The summed E-state index contributed by atoms with van der Waals surface area (Å²) < 4.78 is 5.00. The Morgan fingerprint density at radius 3 is 2.31 bits per heavy atom. The molecule has 0 fully saturated rings. The molecule has 0 spiro atoms. The van der Waals surface area contributed by atoms with Crippen molar-refractivity contribution in [3.63, 3.8) is 0 Å². The summed E-state index contributed by atoms with van der Waals surface area (Å²) in [4.78, 5) is 21.8. The van der Waals surface area contributed by atoms with Crippen LogP contribution in [-0.2, 0) is 9.53 Å². The van der Waals surface area contributed by atoms with Gasteiger partial charge < -0.3 is 20.5 Å². The van der Waals surface area contributed by atoms with Gasteiger partial charge in [-0.1, -0.05) is 0 Å². The predicted molar refractivity (Wildman–Crippen MR) is 59.3 cm³/mol. The summed E-state index contributed by atoms with van der Waals surface area (Å²) >= 11 is 0. The minimum absolute atomic E-state index is 0.257. The molecule has 1 amide bonds. The molecule has 3 N–H and O–H groups in total. The van der Waals surface area contributed by atoms with Crippen molar-refractivity contribution in [2.75, 3.05) is 13.6 Å². The van der Waals surface area contributed by atoms with Crippen molar-refractivity contribution in [1.82, 2.24) is 10.6 Å². The van der Waals surface area contributed by atoms with Gasteiger partial charge in [-0.3, -0.25) is 4.79 Å². The number of alkyl carbamates (subject to hydrolysis) is 1. The second-order valence-electron chi connectivity index (χ2n) is 4.40. The number of likely N-dealkylation sites (N-methyl/N-ethyl adjacent to an activating group) is 1. The summed E-state index contributed by atoms with van der Waals surface area (Å²) in [7, 11) is 1.56. The SMILES string of the molecule is CN[C@H](CCNC(=O)OC(C)(C)C)C(=O)O. The fourth-order valence-corrected chi connectivity index (χ4v) is 1.02. The molecule has 0 unspecified atom stereocenters. The second kappa shape index (κ2) is 6.32. The number of carbonyl (C=O) groups excluding carboxylic acids is 1. The highest BCUT2D eigenvalue weighted by molar-refractivity contribution is 5.73. The maximum Gasteiger partial charge on any atom is 0.407 e. The van der Waals surface area contributed by atoms with Gasteiger partial charge in [0.05, 0.1) is 0 Å². The van der Waals surface area contributed by atoms with Gasteiger partial charge in [0.25, 0.3) is 0 Å². The van der Waals surface area contributed by atoms with E-state index in [1.165, 1.54) is 0 Å². The number of ether oxygens (including phenoxy) is 1. The van der Waals surface area contributed by atoms with Crippen molar-refractivity contribution in [3.8, 4) is 0 Å². The van der Waals surface area contributed by atoms with Crippen LogP contribution < -0.4 is 10.6 Å². The Balaban J connectivity index is 3.81. The fraction of sp³-hybridized carbons (Fsp3) is 0.800. The molecule has 0 rings (SSSR count). The Labute approximate surface area is 95.4 Å². The number of carbonyl (C=O) groups is 2. The number of carboxylic acid groups (broad SMARTS) is 1. The predicted octanol–water partition coefficient (Wildman–Crippen LogP) is 0.574. The quantitative estimate of drug-likeness (QED) is 0.645. The van der Waals surface area contributed by atoms with Gasteiger partial charge in [-0.15, -0.1) is 0 Å². The third-order valence-electron chi connectivity index (χ3n) is 1.75. The van der Waals surface area contributed by atoms with E-state index < -0.39 is 23.7 Å². The highest BCUT2D eigenvalue weighted by Crippen LogP contribution is 2.06. The first-order valence-corrected chi connectivity index (χ1v) is 5.13. The van der Waals surface area contributed by atoms with Crippen LogP contribution in [0.25, 0.3) is 0 Å². The molecule has 0 radical (unpaired) electrons. The van der Waals surface area contributed by atoms with Gasteiger partial charge in [-0.05, 0) is 34.2 Å². The molecule has 0 aromatic carbocycles. The maximum absolute atomic E-state index is 11.2. The fourth-order valence-electron chi connectivity index (χ4n) is 1.02. The molecule has 0 aliphatic carbocycles. The molecule has 1 atom stereocenters. The summed E-state index contributed by atoms with van der Waals surface area (Å²) in [5.41, 5.74) is -0.542. The smallest absolute Gasteiger partial charge is 0.407 e. The Morgan fingerprint density at radius 1 is 1.38 bits per heavy atom. The second-order valence-corrected chi connectivity index (χ2v) is 4.40. The van der Waals surface area contributed by atoms with Crippen molar-refractivity contribution in [3.05, 3.63) is 0 Å². The van der Waals surface area contributed by atoms with Crippen LogP contribution in [0.1, 0.15) is 27.2 Å². The number of amides is 1. The molecule has 6 heteroatoms. The lowest BCUT2D eigenvalue weighted by atomic mass is 10.2. The topological polar surface area (TPSA) is 87.7 Å². The molecule has 0 aromatic rings. The van der Waals surface area contributed by atoms with Crippen LogP contribution in [-0.4, -0.2) is 42.4 Å². The molecule has 6 nitrogen and oxygen atoms in total. The van der Waals surface area contributed by atoms with Gasteiger partial charge in [-0.2, -0.15) is 0 Å². The minimum atomic E-state index is -0.937. The van der Waals surface area contributed by atoms with Crippen LogP contribution in [0.3, 0.4) is 0 Å². The molecule has 0 aliphatic heterocycles. The van der Waals surface area contributed by atoms with Crippen molar-refractivity contribution in [1.29, 1.82) is 0 Å². The lowest BCUT2D eigenvalue weighted by Crippen LogP contribution is -2.39. The number of rotatable bonds is 5. The summed E-state index contributed by atoms with van der Waals surface area (Å²) in [5, 5.41) is 13.8. The van der Waals surface area contributed by atoms with Gasteiger partial charge >= 0.3 is 12.1 Å². The molecule has 0 bridgehead atoms. The average molecular weight is 232 g/mol. The van der Waals surface area contributed by atoms with E-state index in [0.717, 1.165) is 0 Å². The lowest BCUT2D eigenvalue weighted by molar-refractivity contribution is -0.139. The molecule has 0 saturated heterocycles. The lowest BCUT2D eigenvalue weighted by Gasteiger charge is -2.20. The van der Waals surface area contributed by atoms with Crippen LogP contribution in [0, 0.1) is 0 Å². The van der Waals surface area contributed by atoms with Crippen molar-refractivity contribution in [2.45, 2.75) is 38.8 Å². The highest BCUT2D eigenvalue weighted by atomic mass is 16.6. The molecular formula is C10H20N2O4. The Morgan fingerprint density at radius 2 is 1.94 bits per heavy atom. The van der Waals surface area contributed by atoms with Gasteiger partial charge in [-0.25, -0.2) is 4.79 Å². The van der Waals surface area contributed by atoms with Gasteiger partial charge in [0.1, 0.15) is 11.6 Å². The number of nitrogens with one attached hydrogen (secondary N) is 2. The normalized spacial score (nSPS) is 13.0. The Kier molecular flexibility index (Phi) is 5.81. The first-order chi connectivity index (χ1) is 7.26. The van der Waals surface area contributed by atoms with Gasteiger partial charge in [0.15, 0.2) is 0 Å². The third kappa shape index (κ3) is 7.05. The summed E-state index contributed by atoms with van der Waals surface area (Å²) in [6.07, 6.45) is -0.224. The van der Waals surface area contributed by atoms with Gasteiger partial charge in [0, 0.05) is 6.54 Å². The largest absolute Gasteiger partial charge is 0.480 e. The van der Waals surface area contributed by atoms with E-state index >= 15 is 0 Å². The molecule has 16 heavy (non-hydrogen) atoms. The number of hydrogen-bond acceptors (Lipinski definition) is 4. The molecule has 0 saturated carbocycles. The maximum atomic E-state index is 11.2. The van der Waals surface area contributed by atoms with E-state index in [1.807, 2.05) is 0 Å². The number of carboxylic acids is 1. The van der Waals surface area contributed by atoms with Crippen LogP contribution in [0.5, 0.6) is 0 Å². The first-order valence-electron chi connectivity index (χ1n) is 5.13. The third-order valence-corrected chi connectivity index (χ3v) is 1.75. The zero-order valence-corrected chi connectivity index (χ0v) is 10.2. The van der Waals surface area contributed by atoms with Crippen LogP contribution in [0.4, 0.5) is 4.79 Å². The Hall–Kier alpha value is -1.30. The van der Waals surface area contributed by atoms with Gasteiger partial charge in [0.2, 0.25) is 0 Å². The monoisotopic (exact) mass is 232 g/mol. The van der Waals surface area contributed by atoms with E-state index in [1.54, 1.807) is 27.8 Å². The van der Waals surface area contributed by atoms with Crippen molar-refractivity contribution in [2.24, 2.45) is 0 Å². The molecular weight excluding hydrogens is 212 g/mol. The zero-order chi connectivity index (χ0) is 12.8. The Bertz CT molecular complexity index is 248. The summed E-state index contributed by atoms with van der Waals surface area (Å²) in [6, 6.07) is -0.657. The van der Waals surface area contributed by atoms with Crippen LogP contribution in [0.15, 0.2) is 0 Å². The summed E-state index contributed by atoms with van der Waals surface area (Å²) in [5.74, 6) is -0.937. The van der Waals surface area contributed by atoms with E-state index in [9.17, 15) is 9.59 Å². The first kappa shape index (κ1) is 14.7.